The van der Waals surface area contributed by atoms with E-state index in [1.165, 1.54) is 22.4 Å². The van der Waals surface area contributed by atoms with Gasteiger partial charge in [-0.1, -0.05) is 12.1 Å². The molecule has 154 valence electrons. The van der Waals surface area contributed by atoms with Gasteiger partial charge in [0.15, 0.2) is 0 Å². The van der Waals surface area contributed by atoms with Crippen LogP contribution in [0.3, 0.4) is 0 Å². The van der Waals surface area contributed by atoms with E-state index in [4.69, 9.17) is 4.74 Å². The van der Waals surface area contributed by atoms with Crippen LogP contribution in [0.4, 0.5) is 0 Å². The molecule has 7 heteroatoms. The summed E-state index contributed by atoms with van der Waals surface area (Å²) in [4.78, 5) is 28.8. The van der Waals surface area contributed by atoms with Crippen LogP contribution in [0.1, 0.15) is 35.3 Å². The van der Waals surface area contributed by atoms with Crippen LogP contribution in [0.5, 0.6) is 5.75 Å². The standard InChI is InChI=1S/C22H28N4O3/c1-24-20(27)8-7-19(23-24)21(28)26-12-10-22(16-26)9-4-11-25(15-22)14-17-5-3-6-18(13-17)29-2/h3,5-8,13H,4,9-12,14-16H2,1-2H3/t22-/m1/s1. The number of hydrogen-bond acceptors (Lipinski definition) is 5. The number of likely N-dealkylation sites (tertiary alicyclic amines) is 2. The van der Waals surface area contributed by atoms with Crippen LogP contribution >= 0.6 is 0 Å². The van der Waals surface area contributed by atoms with Gasteiger partial charge in [0.2, 0.25) is 0 Å². The molecule has 4 rings (SSSR count). The van der Waals surface area contributed by atoms with Gasteiger partial charge in [0, 0.05) is 44.7 Å². The van der Waals surface area contributed by atoms with Gasteiger partial charge in [-0.3, -0.25) is 14.5 Å². The van der Waals surface area contributed by atoms with Gasteiger partial charge in [0.25, 0.3) is 11.5 Å². The van der Waals surface area contributed by atoms with Crippen LogP contribution in [0, 0.1) is 5.41 Å². The lowest BCUT2D eigenvalue weighted by atomic mass is 9.79. The van der Waals surface area contributed by atoms with Crippen molar-refractivity contribution in [1.29, 1.82) is 0 Å². The molecule has 0 N–H and O–H groups in total. The van der Waals surface area contributed by atoms with Gasteiger partial charge in [-0.25, -0.2) is 4.68 Å². The molecule has 0 saturated carbocycles. The lowest BCUT2D eigenvalue weighted by Crippen LogP contribution is -2.45. The summed E-state index contributed by atoms with van der Waals surface area (Å²) < 4.78 is 6.56. The molecule has 0 bridgehead atoms. The number of carbonyl (C=O) groups is 1. The van der Waals surface area contributed by atoms with Crippen molar-refractivity contribution in [2.75, 3.05) is 33.3 Å². The Kier molecular flexibility index (Phi) is 5.41. The molecule has 0 unspecified atom stereocenters. The van der Waals surface area contributed by atoms with E-state index in [9.17, 15) is 9.59 Å². The Hall–Kier alpha value is -2.67. The quantitative estimate of drug-likeness (QED) is 0.790. The summed E-state index contributed by atoms with van der Waals surface area (Å²) in [5.41, 5.74) is 1.53. The molecule has 2 aromatic rings. The SMILES string of the molecule is COc1cccc(CN2CCC[C@@]3(CCN(C(=O)c4ccc(=O)n(C)n4)C3)C2)c1. The van der Waals surface area contributed by atoms with E-state index in [-0.39, 0.29) is 16.9 Å². The smallest absolute Gasteiger partial charge is 0.274 e. The van der Waals surface area contributed by atoms with Crippen molar-refractivity contribution in [3.63, 3.8) is 0 Å². The van der Waals surface area contributed by atoms with E-state index in [0.717, 1.165) is 57.7 Å². The van der Waals surface area contributed by atoms with Gasteiger partial charge in [0.1, 0.15) is 11.4 Å². The second kappa shape index (κ2) is 7.99. The maximum atomic E-state index is 12.9. The highest BCUT2D eigenvalue weighted by atomic mass is 16.5. The van der Waals surface area contributed by atoms with Crippen molar-refractivity contribution in [2.45, 2.75) is 25.8 Å². The number of methoxy groups -OCH3 is 1. The number of nitrogens with zero attached hydrogens (tertiary/aromatic N) is 4. The fraction of sp³-hybridized carbons (Fsp3) is 0.500. The molecule has 2 fully saturated rings. The summed E-state index contributed by atoms with van der Waals surface area (Å²) >= 11 is 0. The fourth-order valence-corrected chi connectivity index (χ4v) is 4.69. The first-order valence-corrected chi connectivity index (χ1v) is 10.2. The Morgan fingerprint density at radius 1 is 1.17 bits per heavy atom. The minimum absolute atomic E-state index is 0.0811. The summed E-state index contributed by atoms with van der Waals surface area (Å²) in [5, 5.41) is 4.13. The molecule has 1 aromatic carbocycles. The van der Waals surface area contributed by atoms with Gasteiger partial charge >= 0.3 is 0 Å². The van der Waals surface area contributed by atoms with E-state index in [0.29, 0.717) is 5.69 Å². The third-order valence-electron chi connectivity index (χ3n) is 6.19. The highest BCUT2D eigenvalue weighted by Gasteiger charge is 2.43. The number of ether oxygens (including phenoxy) is 1. The molecule has 1 atom stereocenters. The van der Waals surface area contributed by atoms with Gasteiger partial charge < -0.3 is 9.64 Å². The minimum Gasteiger partial charge on any atom is -0.497 e. The molecular formula is C22H28N4O3. The average molecular weight is 396 g/mol. The van der Waals surface area contributed by atoms with Gasteiger partial charge in [-0.2, -0.15) is 5.10 Å². The Bertz CT molecular complexity index is 957. The van der Waals surface area contributed by atoms with Gasteiger partial charge in [-0.15, -0.1) is 0 Å². The molecular weight excluding hydrogens is 368 g/mol. The Balaban J connectivity index is 1.42. The first-order valence-electron chi connectivity index (χ1n) is 10.2. The van der Waals surface area contributed by atoms with E-state index in [1.54, 1.807) is 14.2 Å². The lowest BCUT2D eigenvalue weighted by molar-refractivity contribution is 0.0669. The van der Waals surface area contributed by atoms with Crippen molar-refractivity contribution in [3.8, 4) is 5.75 Å². The number of rotatable bonds is 4. The second-order valence-electron chi connectivity index (χ2n) is 8.32. The van der Waals surface area contributed by atoms with Crippen LogP contribution in [0.15, 0.2) is 41.2 Å². The average Bonchev–Trinajstić information content (AvgIpc) is 3.12. The zero-order valence-corrected chi connectivity index (χ0v) is 17.1. The zero-order chi connectivity index (χ0) is 20.4. The van der Waals surface area contributed by atoms with Gasteiger partial charge in [0.05, 0.1) is 7.11 Å². The Morgan fingerprint density at radius 3 is 2.83 bits per heavy atom. The molecule has 2 aliphatic rings. The minimum atomic E-state index is -0.208. The number of hydrogen-bond donors (Lipinski definition) is 0. The Morgan fingerprint density at radius 2 is 2.03 bits per heavy atom. The predicted octanol–water partition coefficient (Wildman–Crippen LogP) is 1.92. The third kappa shape index (κ3) is 4.19. The van der Waals surface area contributed by atoms with E-state index >= 15 is 0 Å². The zero-order valence-electron chi connectivity index (χ0n) is 17.1. The molecule has 0 aliphatic carbocycles. The molecule has 3 heterocycles. The largest absolute Gasteiger partial charge is 0.497 e. The predicted molar refractivity (Wildman–Crippen MR) is 110 cm³/mol. The summed E-state index contributed by atoms with van der Waals surface area (Å²) in [6, 6.07) is 11.2. The van der Waals surface area contributed by atoms with Crippen LogP contribution in [-0.4, -0.2) is 58.8 Å². The molecule has 2 aliphatic heterocycles. The van der Waals surface area contributed by atoms with Crippen molar-refractivity contribution in [2.24, 2.45) is 12.5 Å². The van der Waals surface area contributed by atoms with E-state index in [1.807, 2.05) is 17.0 Å². The van der Waals surface area contributed by atoms with Crippen molar-refractivity contribution in [3.05, 3.63) is 58.0 Å². The van der Waals surface area contributed by atoms with Crippen LogP contribution < -0.4 is 10.3 Å². The molecule has 1 spiro atoms. The number of benzene rings is 1. The fourth-order valence-electron chi connectivity index (χ4n) is 4.69. The normalized spacial score (nSPS) is 22.2. The summed E-state index contributed by atoms with van der Waals surface area (Å²) in [5.74, 6) is 0.805. The number of aromatic nitrogens is 2. The summed E-state index contributed by atoms with van der Waals surface area (Å²) in [6.45, 7) is 4.47. The highest BCUT2D eigenvalue weighted by molar-refractivity contribution is 5.92. The van der Waals surface area contributed by atoms with Crippen molar-refractivity contribution >= 4 is 5.91 Å². The number of aryl methyl sites for hydroxylation is 1. The molecule has 7 nitrogen and oxygen atoms in total. The number of amides is 1. The molecule has 0 radical (unpaired) electrons. The van der Waals surface area contributed by atoms with Gasteiger partial charge in [-0.05, 0) is 49.6 Å². The van der Waals surface area contributed by atoms with E-state index in [2.05, 4.69) is 22.1 Å². The maximum Gasteiger partial charge on any atom is 0.274 e. The summed E-state index contributed by atoms with van der Waals surface area (Å²) in [7, 11) is 3.26. The first-order chi connectivity index (χ1) is 14.0. The van der Waals surface area contributed by atoms with E-state index < -0.39 is 0 Å². The Labute approximate surface area is 170 Å². The number of piperidine rings is 1. The first kappa shape index (κ1) is 19.6. The van der Waals surface area contributed by atoms with Crippen LogP contribution in [-0.2, 0) is 13.6 Å². The lowest BCUT2D eigenvalue weighted by Gasteiger charge is -2.40. The maximum absolute atomic E-state index is 12.9. The summed E-state index contributed by atoms with van der Waals surface area (Å²) in [6.07, 6.45) is 3.30. The van der Waals surface area contributed by atoms with Crippen LogP contribution in [0.25, 0.3) is 0 Å². The molecule has 1 aromatic heterocycles. The topological polar surface area (TPSA) is 67.7 Å². The molecule has 1 amide bonds. The monoisotopic (exact) mass is 396 g/mol. The van der Waals surface area contributed by atoms with Crippen LogP contribution in [0.2, 0.25) is 0 Å². The third-order valence-corrected chi connectivity index (χ3v) is 6.19. The second-order valence-corrected chi connectivity index (χ2v) is 8.32. The highest BCUT2D eigenvalue weighted by Crippen LogP contribution is 2.39. The van der Waals surface area contributed by atoms with Crippen molar-refractivity contribution < 1.29 is 9.53 Å². The van der Waals surface area contributed by atoms with Crippen molar-refractivity contribution in [1.82, 2.24) is 19.6 Å². The number of carbonyl (C=O) groups excluding carboxylic acids is 1. The molecule has 29 heavy (non-hydrogen) atoms. The molecule has 2 saturated heterocycles.